The Bertz CT molecular complexity index is 759. The average molecular weight is 301 g/mol. The number of rotatable bonds is 6. The number of carboxylic acids is 1. The standard InChI is InChI=1S/C18H23NO3/c1-4-7-12-9-11(6-3)10-14-15(12)19-16(18(21)22)13(8-5-2)17(14)20/h9-10H,4-8H2,1-3H3,(H,19,20)(H,21,22). The van der Waals surface area contributed by atoms with Crippen LogP contribution in [0.15, 0.2) is 16.9 Å². The normalized spacial score (nSPS) is 11.0. The minimum absolute atomic E-state index is 0.0425. The smallest absolute Gasteiger partial charge is 0.352 e. The van der Waals surface area contributed by atoms with Crippen LogP contribution in [0.2, 0.25) is 0 Å². The van der Waals surface area contributed by atoms with Crippen molar-refractivity contribution in [2.45, 2.75) is 52.9 Å². The molecule has 0 fully saturated rings. The van der Waals surface area contributed by atoms with Gasteiger partial charge in [0.05, 0.1) is 5.52 Å². The number of hydrogen-bond donors (Lipinski definition) is 2. The zero-order valence-corrected chi connectivity index (χ0v) is 13.5. The highest BCUT2D eigenvalue weighted by Gasteiger charge is 2.18. The molecule has 0 unspecified atom stereocenters. The number of aromatic carboxylic acids is 1. The van der Waals surface area contributed by atoms with E-state index in [1.807, 2.05) is 13.0 Å². The van der Waals surface area contributed by atoms with Crippen molar-refractivity contribution in [2.75, 3.05) is 0 Å². The summed E-state index contributed by atoms with van der Waals surface area (Å²) in [6.07, 6.45) is 3.85. The third-order valence-electron chi connectivity index (χ3n) is 3.99. The van der Waals surface area contributed by atoms with Crippen LogP contribution in [0, 0.1) is 0 Å². The Labute approximate surface area is 130 Å². The van der Waals surface area contributed by atoms with Crippen LogP contribution in [0.1, 0.15) is 60.8 Å². The van der Waals surface area contributed by atoms with E-state index in [0.29, 0.717) is 22.9 Å². The van der Waals surface area contributed by atoms with Gasteiger partial charge in [0.2, 0.25) is 0 Å². The maximum atomic E-state index is 12.8. The van der Waals surface area contributed by atoms with Gasteiger partial charge >= 0.3 is 5.97 Å². The highest BCUT2D eigenvalue weighted by molar-refractivity contribution is 5.93. The first kappa shape index (κ1) is 16.3. The molecule has 0 aliphatic carbocycles. The van der Waals surface area contributed by atoms with Crippen LogP contribution in [0.25, 0.3) is 10.9 Å². The molecule has 1 heterocycles. The number of aromatic nitrogens is 1. The Morgan fingerprint density at radius 3 is 2.36 bits per heavy atom. The molecule has 0 saturated heterocycles. The molecule has 0 bridgehead atoms. The van der Waals surface area contributed by atoms with Crippen LogP contribution >= 0.6 is 0 Å². The number of aromatic amines is 1. The van der Waals surface area contributed by atoms with E-state index in [4.69, 9.17) is 0 Å². The van der Waals surface area contributed by atoms with E-state index in [2.05, 4.69) is 24.9 Å². The van der Waals surface area contributed by atoms with Crippen molar-refractivity contribution in [3.05, 3.63) is 44.7 Å². The Morgan fingerprint density at radius 1 is 1.14 bits per heavy atom. The van der Waals surface area contributed by atoms with Gasteiger partial charge in [-0.15, -0.1) is 0 Å². The predicted molar refractivity (Wildman–Crippen MR) is 88.9 cm³/mol. The quantitative estimate of drug-likeness (QED) is 0.854. The fourth-order valence-electron chi connectivity index (χ4n) is 2.91. The summed E-state index contributed by atoms with van der Waals surface area (Å²) < 4.78 is 0. The lowest BCUT2D eigenvalue weighted by Gasteiger charge is -2.12. The monoisotopic (exact) mass is 301 g/mol. The number of benzene rings is 1. The molecular weight excluding hydrogens is 278 g/mol. The van der Waals surface area contributed by atoms with Gasteiger partial charge in [0, 0.05) is 10.9 Å². The van der Waals surface area contributed by atoms with Gasteiger partial charge in [-0.1, -0.05) is 39.7 Å². The second-order valence-electron chi connectivity index (χ2n) is 5.64. The molecule has 118 valence electrons. The maximum Gasteiger partial charge on any atom is 0.352 e. The summed E-state index contributed by atoms with van der Waals surface area (Å²) >= 11 is 0. The average Bonchev–Trinajstić information content (AvgIpc) is 2.50. The first-order valence-electron chi connectivity index (χ1n) is 7.97. The summed E-state index contributed by atoms with van der Waals surface area (Å²) in [5, 5.41) is 10.0. The van der Waals surface area contributed by atoms with E-state index in [0.717, 1.165) is 36.8 Å². The molecule has 0 saturated carbocycles. The van der Waals surface area contributed by atoms with Crippen molar-refractivity contribution in [3.8, 4) is 0 Å². The molecule has 2 N–H and O–H groups in total. The number of pyridine rings is 1. The molecule has 4 heteroatoms. The molecule has 2 rings (SSSR count). The molecule has 0 aliphatic rings. The van der Waals surface area contributed by atoms with Gasteiger partial charge in [0.25, 0.3) is 0 Å². The van der Waals surface area contributed by atoms with Crippen molar-refractivity contribution >= 4 is 16.9 Å². The number of hydrogen-bond acceptors (Lipinski definition) is 2. The predicted octanol–water partition coefficient (Wildman–Crippen LogP) is 3.69. The number of H-pyrrole nitrogens is 1. The molecular formula is C18H23NO3. The van der Waals surface area contributed by atoms with E-state index < -0.39 is 5.97 Å². The molecule has 0 spiro atoms. The fraction of sp³-hybridized carbons (Fsp3) is 0.444. The second kappa shape index (κ2) is 6.77. The molecule has 2 aromatic rings. The minimum atomic E-state index is -1.07. The number of fused-ring (bicyclic) bond motifs is 1. The van der Waals surface area contributed by atoms with Gasteiger partial charge in [-0.2, -0.15) is 0 Å². The first-order chi connectivity index (χ1) is 10.5. The molecule has 0 aliphatic heterocycles. The van der Waals surface area contributed by atoms with Gasteiger partial charge in [-0.05, 0) is 36.5 Å². The molecule has 22 heavy (non-hydrogen) atoms. The number of aryl methyl sites for hydroxylation is 2. The summed E-state index contributed by atoms with van der Waals surface area (Å²) in [7, 11) is 0. The van der Waals surface area contributed by atoms with Crippen LogP contribution in [0.3, 0.4) is 0 Å². The molecule has 0 amide bonds. The van der Waals surface area contributed by atoms with Crippen molar-refractivity contribution in [2.24, 2.45) is 0 Å². The fourth-order valence-corrected chi connectivity index (χ4v) is 2.91. The highest BCUT2D eigenvalue weighted by atomic mass is 16.4. The maximum absolute atomic E-state index is 12.8. The van der Waals surface area contributed by atoms with E-state index in [-0.39, 0.29) is 11.1 Å². The lowest BCUT2D eigenvalue weighted by molar-refractivity contribution is 0.0689. The van der Waals surface area contributed by atoms with E-state index in [1.165, 1.54) is 0 Å². The third kappa shape index (κ3) is 2.91. The van der Waals surface area contributed by atoms with Gasteiger partial charge < -0.3 is 10.1 Å². The first-order valence-corrected chi connectivity index (χ1v) is 7.97. The Hall–Kier alpha value is -2.10. The van der Waals surface area contributed by atoms with E-state index >= 15 is 0 Å². The molecule has 0 atom stereocenters. The summed E-state index contributed by atoms with van der Waals surface area (Å²) in [6, 6.07) is 3.98. The Balaban J connectivity index is 2.88. The largest absolute Gasteiger partial charge is 0.477 e. The number of carboxylic acid groups (broad SMARTS) is 1. The zero-order chi connectivity index (χ0) is 16.3. The van der Waals surface area contributed by atoms with Crippen molar-refractivity contribution in [1.82, 2.24) is 4.98 Å². The van der Waals surface area contributed by atoms with Crippen LogP contribution in [0.5, 0.6) is 0 Å². The summed E-state index contributed by atoms with van der Waals surface area (Å²) in [5.41, 5.74) is 3.12. The van der Waals surface area contributed by atoms with Gasteiger partial charge in [-0.25, -0.2) is 4.79 Å². The summed E-state index contributed by atoms with van der Waals surface area (Å²) in [4.78, 5) is 27.3. The topological polar surface area (TPSA) is 70.2 Å². The SMILES string of the molecule is CCCc1c(C(=O)O)[nH]c2c(CCC)cc(CC)cc2c1=O. The Kier molecular flexibility index (Phi) is 5.01. The van der Waals surface area contributed by atoms with Crippen LogP contribution in [-0.2, 0) is 19.3 Å². The molecule has 1 aromatic carbocycles. The van der Waals surface area contributed by atoms with Crippen LogP contribution in [0.4, 0.5) is 0 Å². The molecule has 1 aromatic heterocycles. The van der Waals surface area contributed by atoms with E-state index in [1.54, 1.807) is 0 Å². The number of carbonyl (C=O) groups is 1. The van der Waals surface area contributed by atoms with E-state index in [9.17, 15) is 14.7 Å². The van der Waals surface area contributed by atoms with Crippen LogP contribution in [-0.4, -0.2) is 16.1 Å². The van der Waals surface area contributed by atoms with Gasteiger partial charge in [0.1, 0.15) is 5.69 Å². The lowest BCUT2D eigenvalue weighted by Crippen LogP contribution is -2.19. The molecule has 0 radical (unpaired) electrons. The van der Waals surface area contributed by atoms with Gasteiger partial charge in [-0.3, -0.25) is 4.79 Å². The minimum Gasteiger partial charge on any atom is -0.477 e. The van der Waals surface area contributed by atoms with Crippen molar-refractivity contribution in [1.29, 1.82) is 0 Å². The molecule has 4 nitrogen and oxygen atoms in total. The van der Waals surface area contributed by atoms with Gasteiger partial charge in [0.15, 0.2) is 5.43 Å². The third-order valence-corrected chi connectivity index (χ3v) is 3.99. The summed E-state index contributed by atoms with van der Waals surface area (Å²) in [5.74, 6) is -1.07. The van der Waals surface area contributed by atoms with Crippen molar-refractivity contribution < 1.29 is 9.90 Å². The van der Waals surface area contributed by atoms with Crippen LogP contribution < -0.4 is 5.43 Å². The van der Waals surface area contributed by atoms with Crippen molar-refractivity contribution in [3.63, 3.8) is 0 Å². The summed E-state index contributed by atoms with van der Waals surface area (Å²) in [6.45, 7) is 6.08. The Morgan fingerprint density at radius 2 is 1.82 bits per heavy atom. The highest BCUT2D eigenvalue weighted by Crippen LogP contribution is 2.21. The number of nitrogens with one attached hydrogen (secondary N) is 1. The second-order valence-corrected chi connectivity index (χ2v) is 5.64. The lowest BCUT2D eigenvalue weighted by atomic mass is 9.97. The zero-order valence-electron chi connectivity index (χ0n) is 13.5.